The highest BCUT2D eigenvalue weighted by Gasteiger charge is 2.33. The van der Waals surface area contributed by atoms with E-state index in [-0.39, 0.29) is 11.5 Å². The predicted molar refractivity (Wildman–Crippen MR) is 82.1 cm³/mol. The molecule has 1 unspecified atom stereocenters. The summed E-state index contributed by atoms with van der Waals surface area (Å²) in [5.74, 6) is 1.03. The minimum atomic E-state index is -0.0423. The van der Waals surface area contributed by atoms with E-state index in [4.69, 9.17) is 10.7 Å². The standard InChI is InChI=1S/C15H20BrN3/c1-15(2,3)13(17)14-18-11-8-9(16)4-7-12(11)19(14)10-5-6-10/h4,7-8,10,13H,5-6,17H2,1-3H3. The van der Waals surface area contributed by atoms with Gasteiger partial charge in [-0.3, -0.25) is 0 Å². The van der Waals surface area contributed by atoms with E-state index in [1.54, 1.807) is 0 Å². The summed E-state index contributed by atoms with van der Waals surface area (Å²) in [6.07, 6.45) is 2.48. The monoisotopic (exact) mass is 321 g/mol. The second-order valence-electron chi connectivity index (χ2n) is 6.55. The molecule has 1 saturated carbocycles. The van der Waals surface area contributed by atoms with Crippen molar-refractivity contribution in [2.24, 2.45) is 11.1 Å². The van der Waals surface area contributed by atoms with Crippen LogP contribution in [-0.4, -0.2) is 9.55 Å². The van der Waals surface area contributed by atoms with Crippen molar-refractivity contribution < 1.29 is 0 Å². The molecule has 1 fully saturated rings. The minimum Gasteiger partial charge on any atom is -0.324 e. The first-order chi connectivity index (χ1) is 8.88. The Morgan fingerprint density at radius 3 is 2.63 bits per heavy atom. The number of hydrogen-bond acceptors (Lipinski definition) is 2. The molecule has 0 radical (unpaired) electrons. The Morgan fingerprint density at radius 1 is 1.37 bits per heavy atom. The molecule has 1 aromatic carbocycles. The number of aromatic nitrogens is 2. The number of benzene rings is 1. The number of nitrogens with zero attached hydrogens (tertiary/aromatic N) is 2. The van der Waals surface area contributed by atoms with Gasteiger partial charge in [0.05, 0.1) is 17.1 Å². The lowest BCUT2D eigenvalue weighted by molar-refractivity contribution is 0.308. The smallest absolute Gasteiger partial charge is 0.127 e. The molecule has 1 aromatic heterocycles. The molecule has 1 atom stereocenters. The van der Waals surface area contributed by atoms with Crippen molar-refractivity contribution in [1.29, 1.82) is 0 Å². The average molecular weight is 322 g/mol. The first-order valence-electron chi connectivity index (χ1n) is 6.81. The quantitative estimate of drug-likeness (QED) is 0.901. The molecule has 0 saturated heterocycles. The summed E-state index contributed by atoms with van der Waals surface area (Å²) < 4.78 is 3.42. The fourth-order valence-corrected chi connectivity index (χ4v) is 2.76. The van der Waals surface area contributed by atoms with Crippen LogP contribution in [0.5, 0.6) is 0 Å². The van der Waals surface area contributed by atoms with Crippen LogP contribution in [0, 0.1) is 5.41 Å². The zero-order chi connectivity index (χ0) is 13.8. The van der Waals surface area contributed by atoms with Crippen molar-refractivity contribution >= 4 is 27.0 Å². The molecule has 1 heterocycles. The molecular formula is C15H20BrN3. The third-order valence-corrected chi connectivity index (χ3v) is 4.30. The maximum absolute atomic E-state index is 6.45. The lowest BCUT2D eigenvalue weighted by Gasteiger charge is -2.27. The molecule has 4 heteroatoms. The molecule has 3 nitrogen and oxygen atoms in total. The Balaban J connectivity index is 2.20. The van der Waals surface area contributed by atoms with Gasteiger partial charge >= 0.3 is 0 Å². The fraction of sp³-hybridized carbons (Fsp3) is 0.533. The first kappa shape index (κ1) is 13.1. The van der Waals surface area contributed by atoms with Gasteiger partial charge < -0.3 is 10.3 Å². The molecule has 1 aliphatic carbocycles. The van der Waals surface area contributed by atoms with Crippen LogP contribution >= 0.6 is 15.9 Å². The SMILES string of the molecule is CC(C)(C)C(N)c1nc2cc(Br)ccc2n1C1CC1. The van der Waals surface area contributed by atoms with E-state index in [1.165, 1.54) is 18.4 Å². The van der Waals surface area contributed by atoms with Crippen molar-refractivity contribution in [1.82, 2.24) is 9.55 Å². The zero-order valence-corrected chi connectivity index (χ0v) is 13.2. The van der Waals surface area contributed by atoms with Crippen molar-refractivity contribution in [3.05, 3.63) is 28.5 Å². The van der Waals surface area contributed by atoms with Crippen LogP contribution in [0.15, 0.2) is 22.7 Å². The highest BCUT2D eigenvalue weighted by Crippen LogP contribution is 2.42. The van der Waals surface area contributed by atoms with Crippen LogP contribution in [0.3, 0.4) is 0 Å². The number of fused-ring (bicyclic) bond motifs is 1. The molecule has 0 amide bonds. The molecule has 3 rings (SSSR count). The molecule has 0 bridgehead atoms. The second kappa shape index (κ2) is 4.32. The van der Waals surface area contributed by atoms with Gasteiger partial charge in [-0.2, -0.15) is 0 Å². The topological polar surface area (TPSA) is 43.8 Å². The van der Waals surface area contributed by atoms with Crippen molar-refractivity contribution in [3.63, 3.8) is 0 Å². The summed E-state index contributed by atoms with van der Waals surface area (Å²) in [5, 5.41) is 0. The maximum atomic E-state index is 6.45. The maximum Gasteiger partial charge on any atom is 0.127 e. The van der Waals surface area contributed by atoms with Gasteiger partial charge in [-0.25, -0.2) is 4.98 Å². The van der Waals surface area contributed by atoms with Crippen LogP contribution in [0.25, 0.3) is 11.0 Å². The number of halogens is 1. The zero-order valence-electron chi connectivity index (χ0n) is 11.7. The van der Waals surface area contributed by atoms with Crippen molar-refractivity contribution in [3.8, 4) is 0 Å². The second-order valence-corrected chi connectivity index (χ2v) is 7.46. The van der Waals surface area contributed by atoms with Gasteiger partial charge in [0, 0.05) is 10.5 Å². The molecule has 1 aliphatic rings. The average Bonchev–Trinajstić information content (AvgIpc) is 3.08. The van der Waals surface area contributed by atoms with Gasteiger partial charge in [0.1, 0.15) is 5.82 Å². The highest BCUT2D eigenvalue weighted by molar-refractivity contribution is 9.10. The molecule has 0 spiro atoms. The molecule has 2 N–H and O–H groups in total. The summed E-state index contributed by atoms with van der Waals surface area (Å²) in [4.78, 5) is 4.81. The number of hydrogen-bond donors (Lipinski definition) is 1. The van der Waals surface area contributed by atoms with Crippen LogP contribution in [0.2, 0.25) is 0 Å². The molecule has 19 heavy (non-hydrogen) atoms. The van der Waals surface area contributed by atoms with E-state index in [2.05, 4.69) is 59.5 Å². The molecule has 0 aliphatic heterocycles. The largest absolute Gasteiger partial charge is 0.324 e. The number of imidazole rings is 1. The third-order valence-electron chi connectivity index (χ3n) is 3.80. The van der Waals surface area contributed by atoms with E-state index >= 15 is 0 Å². The Kier molecular flexibility index (Phi) is 2.98. The van der Waals surface area contributed by atoms with E-state index < -0.39 is 0 Å². The number of nitrogens with two attached hydrogens (primary N) is 1. The fourth-order valence-electron chi connectivity index (χ4n) is 2.41. The molecule has 2 aromatic rings. The van der Waals surface area contributed by atoms with E-state index in [0.29, 0.717) is 6.04 Å². The lowest BCUT2D eigenvalue weighted by atomic mass is 9.87. The summed E-state index contributed by atoms with van der Waals surface area (Å²) in [6.45, 7) is 6.51. The Labute approximate surface area is 122 Å². The third kappa shape index (κ3) is 2.32. The van der Waals surface area contributed by atoms with Crippen molar-refractivity contribution in [2.75, 3.05) is 0 Å². The van der Waals surface area contributed by atoms with E-state index in [1.807, 2.05) is 0 Å². The summed E-state index contributed by atoms with van der Waals surface area (Å²) in [5.41, 5.74) is 8.71. The van der Waals surface area contributed by atoms with Gasteiger partial charge in [0.25, 0.3) is 0 Å². The molecular weight excluding hydrogens is 302 g/mol. The van der Waals surface area contributed by atoms with Crippen molar-refractivity contribution in [2.45, 2.75) is 45.7 Å². The van der Waals surface area contributed by atoms with Crippen LogP contribution in [0.4, 0.5) is 0 Å². The Morgan fingerprint density at radius 2 is 2.05 bits per heavy atom. The summed E-state index contributed by atoms with van der Waals surface area (Å²) in [6, 6.07) is 6.85. The number of rotatable bonds is 2. The van der Waals surface area contributed by atoms with E-state index in [9.17, 15) is 0 Å². The van der Waals surface area contributed by atoms with Gasteiger partial charge in [0.15, 0.2) is 0 Å². The van der Waals surface area contributed by atoms with Gasteiger partial charge in [-0.1, -0.05) is 36.7 Å². The highest BCUT2D eigenvalue weighted by atomic mass is 79.9. The molecule has 102 valence electrons. The van der Waals surface area contributed by atoms with Crippen LogP contribution in [0.1, 0.15) is 51.5 Å². The minimum absolute atomic E-state index is 0.0191. The Hall–Kier alpha value is -0.870. The van der Waals surface area contributed by atoms with Gasteiger partial charge in [0.2, 0.25) is 0 Å². The van der Waals surface area contributed by atoms with Crippen LogP contribution in [-0.2, 0) is 0 Å². The predicted octanol–water partition coefficient (Wildman–Crippen LogP) is 4.18. The van der Waals surface area contributed by atoms with Gasteiger partial charge in [-0.05, 0) is 36.5 Å². The summed E-state index contributed by atoms with van der Waals surface area (Å²) in [7, 11) is 0. The Bertz CT molecular complexity index is 620. The first-order valence-corrected chi connectivity index (χ1v) is 7.60. The van der Waals surface area contributed by atoms with E-state index in [0.717, 1.165) is 15.8 Å². The van der Waals surface area contributed by atoms with Gasteiger partial charge in [-0.15, -0.1) is 0 Å². The summed E-state index contributed by atoms with van der Waals surface area (Å²) >= 11 is 3.51. The van der Waals surface area contributed by atoms with Crippen LogP contribution < -0.4 is 5.73 Å². The lowest BCUT2D eigenvalue weighted by Crippen LogP contribution is -2.29. The normalized spacial score (nSPS) is 17.9.